The molecule has 13 heteroatoms. The van der Waals surface area contributed by atoms with Gasteiger partial charge in [-0.25, -0.2) is 0 Å². The molecular formula is C34H38F5NO5S2. The number of thiol groups is 1. The normalized spacial score (nSPS) is 30.3. The summed E-state index contributed by atoms with van der Waals surface area (Å²) in [6.07, 6.45) is -2.23. The smallest absolute Gasteiger partial charge is 0.383 e. The lowest BCUT2D eigenvalue weighted by molar-refractivity contribution is -0.362. The number of ketones is 1. The van der Waals surface area contributed by atoms with Crippen LogP contribution in [0.4, 0.5) is 22.0 Å². The van der Waals surface area contributed by atoms with E-state index in [1.165, 1.54) is 37.4 Å². The molecule has 2 aromatic carbocycles. The number of alkyl halides is 5. The minimum Gasteiger partial charge on any atom is -0.383 e. The molecule has 2 N–H and O–H groups in total. The molecule has 0 radical (unpaired) electrons. The highest BCUT2D eigenvalue weighted by molar-refractivity contribution is 8.06. The Labute approximate surface area is 272 Å². The van der Waals surface area contributed by atoms with Crippen LogP contribution in [-0.2, 0) is 24.9 Å². The van der Waals surface area contributed by atoms with Gasteiger partial charge in [-0.05, 0) is 111 Å². The van der Waals surface area contributed by atoms with Crippen molar-refractivity contribution in [2.45, 2.75) is 92.2 Å². The molecule has 256 valence electrons. The minimum absolute atomic E-state index is 0.00800. The second-order valence-electron chi connectivity index (χ2n) is 13.8. The Bertz CT molecular complexity index is 1840. The number of carbonyl (C=O) groups is 1. The van der Waals surface area contributed by atoms with E-state index in [1.807, 2.05) is 0 Å². The third-order valence-corrected chi connectivity index (χ3v) is 15.4. The average molecular weight is 700 g/mol. The summed E-state index contributed by atoms with van der Waals surface area (Å²) < 4.78 is 113. The van der Waals surface area contributed by atoms with Crippen LogP contribution in [0.1, 0.15) is 68.9 Å². The monoisotopic (exact) mass is 699 g/mol. The molecular weight excluding hydrogens is 661 g/mol. The van der Waals surface area contributed by atoms with Gasteiger partial charge in [0.05, 0.1) is 4.90 Å². The zero-order chi connectivity index (χ0) is 34.4. The Balaban J connectivity index is 1.45. The van der Waals surface area contributed by atoms with Crippen molar-refractivity contribution < 1.29 is 44.8 Å². The fourth-order valence-corrected chi connectivity index (χ4v) is 12.3. The van der Waals surface area contributed by atoms with Crippen LogP contribution >= 0.6 is 0 Å². The first kappa shape index (κ1) is 34.1. The summed E-state index contributed by atoms with van der Waals surface area (Å²) in [7, 11) is -7.80. The van der Waals surface area contributed by atoms with Gasteiger partial charge in [-0.1, -0.05) is 52.4 Å². The minimum atomic E-state index is -5.94. The Morgan fingerprint density at radius 2 is 1.60 bits per heavy atom. The maximum absolute atomic E-state index is 15.2. The number of nitrogens with zero attached hydrogens (tertiary/aromatic N) is 1. The van der Waals surface area contributed by atoms with Crippen LogP contribution in [0.25, 0.3) is 0 Å². The van der Waals surface area contributed by atoms with E-state index >= 15 is 8.78 Å². The number of aliphatic hydroxyl groups is 1. The molecule has 2 fully saturated rings. The number of hydrogen-bond acceptors (Lipinski definition) is 4. The summed E-state index contributed by atoms with van der Waals surface area (Å²) in [5, 5.41) is 11.5. The van der Waals surface area contributed by atoms with Crippen LogP contribution in [0.15, 0.2) is 84.9 Å². The van der Waals surface area contributed by atoms with Gasteiger partial charge in [0.2, 0.25) is 0 Å². The fraction of sp³-hybridized carbons (Fsp3) is 0.500. The van der Waals surface area contributed by atoms with Gasteiger partial charge >= 0.3 is 12.1 Å². The van der Waals surface area contributed by atoms with Gasteiger partial charge in [0.15, 0.2) is 5.78 Å². The molecule has 0 bridgehead atoms. The van der Waals surface area contributed by atoms with Crippen LogP contribution in [0, 0.1) is 24.2 Å². The van der Waals surface area contributed by atoms with Crippen LogP contribution in [0.3, 0.4) is 0 Å². The van der Waals surface area contributed by atoms with E-state index in [-0.39, 0.29) is 40.8 Å². The van der Waals surface area contributed by atoms with Gasteiger partial charge < -0.3 is 9.66 Å². The maximum Gasteiger partial charge on any atom is 0.456 e. The number of benzene rings is 2. The Hall–Kier alpha value is -2.74. The van der Waals surface area contributed by atoms with Crippen molar-refractivity contribution in [2.75, 3.05) is 6.26 Å². The van der Waals surface area contributed by atoms with E-state index < -0.39 is 61.5 Å². The zero-order valence-corrected chi connectivity index (χ0v) is 27.9. The predicted octanol–water partition coefficient (Wildman–Crippen LogP) is 7.74. The van der Waals surface area contributed by atoms with Gasteiger partial charge in [-0.2, -0.15) is 30.4 Å². The van der Waals surface area contributed by atoms with E-state index in [2.05, 4.69) is 3.77 Å². The third-order valence-electron chi connectivity index (χ3n) is 11.1. The second-order valence-corrected chi connectivity index (χ2v) is 18.3. The van der Waals surface area contributed by atoms with Gasteiger partial charge in [-0.15, -0.1) is 3.77 Å². The Kier molecular flexibility index (Phi) is 8.09. The van der Waals surface area contributed by atoms with Crippen LogP contribution in [-0.4, -0.2) is 47.8 Å². The molecule has 0 aliphatic heterocycles. The van der Waals surface area contributed by atoms with Crippen molar-refractivity contribution in [2.24, 2.45) is 21.0 Å². The number of halogens is 5. The predicted molar refractivity (Wildman–Crippen MR) is 169 cm³/mol. The summed E-state index contributed by atoms with van der Waals surface area (Å²) in [5.41, 5.74) is -0.988. The standard InChI is InChI=1S/C34H38F5NO5S2/c1-20-4-10-25(11-5-20)47(44,45)40-46(3,43)24-12-6-21(7-13-24)28-19-31(2)29(16-17-32(31,42)33(35,36)34(37,38)39)27-14-8-22-18-23(41)9-15-26(22)30(27)28/h4-7,10-13,18,27-29,42,46H,8-9,14-17,19H2,1-3H3,(H,40,43)/t27?,28-,29?,31+,32-/m1/s1. The molecule has 0 spiro atoms. The van der Waals surface area contributed by atoms with Crippen LogP contribution in [0.2, 0.25) is 0 Å². The molecule has 0 aromatic heterocycles. The molecule has 6 rings (SSSR count). The third kappa shape index (κ3) is 5.36. The number of hydrogen-bond donors (Lipinski definition) is 3. The molecule has 2 saturated carbocycles. The van der Waals surface area contributed by atoms with E-state index in [1.54, 1.807) is 37.3 Å². The maximum atomic E-state index is 15.2. The van der Waals surface area contributed by atoms with E-state index in [0.717, 1.165) is 22.3 Å². The topological polar surface area (TPSA) is 104 Å². The zero-order valence-electron chi connectivity index (χ0n) is 26.2. The molecule has 47 heavy (non-hydrogen) atoms. The van der Waals surface area contributed by atoms with Gasteiger partial charge in [0, 0.05) is 22.6 Å². The molecule has 2 unspecified atom stereocenters. The van der Waals surface area contributed by atoms with Gasteiger partial charge in [-0.3, -0.25) is 4.79 Å². The molecule has 5 atom stereocenters. The summed E-state index contributed by atoms with van der Waals surface area (Å²) in [4.78, 5) is 12.5. The number of fused-ring (bicyclic) bond motifs is 4. The first-order valence-corrected chi connectivity index (χ1v) is 19.2. The van der Waals surface area contributed by atoms with Crippen molar-refractivity contribution in [3.63, 3.8) is 0 Å². The summed E-state index contributed by atoms with van der Waals surface area (Å²) in [5.74, 6) is -7.02. The van der Waals surface area contributed by atoms with Crippen molar-refractivity contribution in [1.29, 1.82) is 0 Å². The number of allylic oxidation sites excluding steroid dienone is 4. The fourth-order valence-electron chi connectivity index (χ4n) is 8.72. The molecule has 6 nitrogen and oxygen atoms in total. The van der Waals surface area contributed by atoms with Crippen molar-refractivity contribution in [1.82, 2.24) is 0 Å². The average Bonchev–Trinajstić information content (AvgIpc) is 3.27. The molecule has 4 aliphatic carbocycles. The summed E-state index contributed by atoms with van der Waals surface area (Å²) in [6.45, 7) is 3.16. The molecule has 0 heterocycles. The Morgan fingerprint density at radius 3 is 2.21 bits per heavy atom. The van der Waals surface area contributed by atoms with Gasteiger partial charge in [0.25, 0.3) is 10.0 Å². The molecule has 2 aromatic rings. The quantitative estimate of drug-likeness (QED) is 0.219. The SMILES string of the molecule is Cc1ccc(S(=O)(=O)N=[SH](C)(O)c2ccc([C@H]3C[C@@]4(C)C(CC[C@]4(O)C(F)(F)C(F)(F)F)C4CCC5=CC(=O)CCC5=C43)cc2)cc1. The van der Waals surface area contributed by atoms with Crippen molar-refractivity contribution >= 4 is 25.9 Å². The largest absolute Gasteiger partial charge is 0.456 e. The lowest BCUT2D eigenvalue weighted by Crippen LogP contribution is -2.65. The van der Waals surface area contributed by atoms with E-state index in [0.29, 0.717) is 24.8 Å². The summed E-state index contributed by atoms with van der Waals surface area (Å²) in [6, 6.07) is 12.3. The van der Waals surface area contributed by atoms with Crippen molar-refractivity contribution in [3.8, 4) is 0 Å². The van der Waals surface area contributed by atoms with Crippen LogP contribution < -0.4 is 0 Å². The highest BCUT2D eigenvalue weighted by Crippen LogP contribution is 2.70. The first-order chi connectivity index (χ1) is 21.7. The lowest BCUT2D eigenvalue weighted by Gasteiger charge is -2.56. The highest BCUT2D eigenvalue weighted by Gasteiger charge is 2.79. The second kappa shape index (κ2) is 11.1. The van der Waals surface area contributed by atoms with E-state index in [9.17, 15) is 36.0 Å². The van der Waals surface area contributed by atoms with Gasteiger partial charge in [0.1, 0.15) is 5.60 Å². The Morgan fingerprint density at radius 1 is 0.957 bits per heavy atom. The van der Waals surface area contributed by atoms with E-state index in [4.69, 9.17) is 0 Å². The number of rotatable bonds is 5. The number of sulfonamides is 1. The molecule has 0 amide bonds. The number of carbonyl (C=O) groups excluding carboxylic acids is 1. The van der Waals surface area contributed by atoms with Crippen molar-refractivity contribution in [3.05, 3.63) is 82.5 Å². The summed E-state index contributed by atoms with van der Waals surface area (Å²) >= 11 is 0. The molecule has 0 saturated heterocycles. The first-order valence-electron chi connectivity index (χ1n) is 15.6. The van der Waals surface area contributed by atoms with Crippen LogP contribution in [0.5, 0.6) is 0 Å². The number of aryl methyl sites for hydroxylation is 1. The lowest BCUT2D eigenvalue weighted by atomic mass is 9.50. The highest BCUT2D eigenvalue weighted by atomic mass is 32.3. The molecule has 4 aliphatic rings.